The molecule has 0 saturated carbocycles. The highest BCUT2D eigenvalue weighted by molar-refractivity contribution is 7.52. The van der Waals surface area contributed by atoms with Gasteiger partial charge in [0.05, 0.1) is 6.04 Å². The van der Waals surface area contributed by atoms with Crippen molar-refractivity contribution in [1.82, 2.24) is 4.90 Å². The third kappa shape index (κ3) is 6.14. The molecule has 6 nitrogen and oxygen atoms in total. The van der Waals surface area contributed by atoms with E-state index in [4.69, 9.17) is 0 Å². The third-order valence-corrected chi connectivity index (χ3v) is 4.99. The second kappa shape index (κ2) is 8.61. The molecule has 1 unspecified atom stereocenters. The van der Waals surface area contributed by atoms with Gasteiger partial charge in [0.1, 0.15) is 6.16 Å². The Labute approximate surface area is 159 Å². The van der Waals surface area contributed by atoms with Gasteiger partial charge in [-0.25, -0.2) is 0 Å². The van der Waals surface area contributed by atoms with E-state index in [9.17, 15) is 23.9 Å². The molecule has 0 heterocycles. The quantitative estimate of drug-likeness (QED) is 0.710. The zero-order valence-electron chi connectivity index (χ0n) is 15.6. The van der Waals surface area contributed by atoms with Crippen molar-refractivity contribution in [1.29, 1.82) is 0 Å². The van der Waals surface area contributed by atoms with Crippen LogP contribution in [0.3, 0.4) is 0 Å². The molecule has 0 aliphatic rings. The maximum atomic E-state index is 12.9. The van der Waals surface area contributed by atoms with E-state index in [0.717, 1.165) is 16.7 Å². The number of Topliss-reactive ketones (excluding diaryl/α,β-unsaturated/α-hetero) is 1. The number of carbonyl (C=O) groups is 2. The average molecular weight is 389 g/mol. The van der Waals surface area contributed by atoms with Crippen molar-refractivity contribution < 1.29 is 23.9 Å². The molecule has 0 bridgehead atoms. The van der Waals surface area contributed by atoms with Crippen LogP contribution in [0.25, 0.3) is 0 Å². The average Bonchev–Trinajstić information content (AvgIpc) is 2.57. The highest BCUT2D eigenvalue weighted by Gasteiger charge is 2.32. The van der Waals surface area contributed by atoms with E-state index >= 15 is 0 Å². The molecule has 7 heteroatoms. The Morgan fingerprint density at radius 2 is 1.59 bits per heavy atom. The number of benzene rings is 2. The predicted octanol–water partition coefficient (Wildman–Crippen LogP) is 2.73. The first-order valence-electron chi connectivity index (χ1n) is 8.53. The van der Waals surface area contributed by atoms with E-state index in [1.165, 1.54) is 11.9 Å². The minimum absolute atomic E-state index is 0.187. The van der Waals surface area contributed by atoms with Crippen molar-refractivity contribution in [2.45, 2.75) is 26.3 Å². The third-order valence-electron chi connectivity index (χ3n) is 4.26. The largest absolute Gasteiger partial charge is 0.333 e. The number of rotatable bonds is 7. The highest BCUT2D eigenvalue weighted by Crippen LogP contribution is 2.35. The zero-order chi connectivity index (χ0) is 20.2. The molecular formula is C20H24NO5P. The first kappa shape index (κ1) is 21.0. The van der Waals surface area contributed by atoms with Crippen LogP contribution in [0.5, 0.6) is 0 Å². The summed E-state index contributed by atoms with van der Waals surface area (Å²) in [7, 11) is -3.03. The molecule has 2 rings (SSSR count). The van der Waals surface area contributed by atoms with Crippen LogP contribution in [0.4, 0.5) is 0 Å². The molecule has 0 fully saturated rings. The number of nitrogens with zero attached hydrogens (tertiary/aromatic N) is 1. The minimum Gasteiger partial charge on any atom is -0.331 e. The Bertz CT molecular complexity index is 855. The molecule has 144 valence electrons. The van der Waals surface area contributed by atoms with Crippen LogP contribution in [0, 0.1) is 13.8 Å². The van der Waals surface area contributed by atoms with Gasteiger partial charge < -0.3 is 14.7 Å². The number of ketones is 1. The number of aryl methyl sites for hydroxylation is 2. The summed E-state index contributed by atoms with van der Waals surface area (Å²) in [5.41, 5.74) is 3.10. The van der Waals surface area contributed by atoms with Crippen molar-refractivity contribution in [2.75, 3.05) is 13.2 Å². The SMILES string of the molecule is Cc1cc(C)cc(C(=O)N(C)C(Cc2ccccc2)C(=O)CP(=O)(O)O)c1. The molecule has 0 spiro atoms. The van der Waals surface area contributed by atoms with E-state index in [2.05, 4.69) is 0 Å². The Morgan fingerprint density at radius 1 is 1.04 bits per heavy atom. The minimum atomic E-state index is -4.53. The maximum Gasteiger partial charge on any atom is 0.333 e. The van der Waals surface area contributed by atoms with Gasteiger partial charge in [0, 0.05) is 12.6 Å². The Hall–Kier alpha value is -2.27. The Kier molecular flexibility index (Phi) is 6.71. The molecule has 0 aliphatic carbocycles. The summed E-state index contributed by atoms with van der Waals surface area (Å²) in [4.78, 5) is 45.2. The van der Waals surface area contributed by atoms with E-state index in [-0.39, 0.29) is 12.3 Å². The van der Waals surface area contributed by atoms with Crippen molar-refractivity contribution >= 4 is 19.3 Å². The fourth-order valence-corrected chi connectivity index (χ4v) is 3.67. The molecule has 0 saturated heterocycles. The van der Waals surface area contributed by atoms with Gasteiger partial charge in [0.25, 0.3) is 5.91 Å². The van der Waals surface area contributed by atoms with Crippen molar-refractivity contribution in [3.05, 3.63) is 70.8 Å². The molecule has 2 aromatic carbocycles. The van der Waals surface area contributed by atoms with E-state index in [0.29, 0.717) is 5.56 Å². The number of amides is 1. The van der Waals surface area contributed by atoms with Gasteiger partial charge in [-0.15, -0.1) is 0 Å². The highest BCUT2D eigenvalue weighted by atomic mass is 31.2. The van der Waals surface area contributed by atoms with E-state index < -0.39 is 25.6 Å². The van der Waals surface area contributed by atoms with Gasteiger partial charge in [0.15, 0.2) is 5.78 Å². The van der Waals surface area contributed by atoms with E-state index in [1.807, 2.05) is 50.2 Å². The fourth-order valence-electron chi connectivity index (χ4n) is 3.06. The smallest absolute Gasteiger partial charge is 0.331 e. The molecule has 0 radical (unpaired) electrons. The van der Waals surface area contributed by atoms with Crippen LogP contribution >= 0.6 is 7.60 Å². The maximum absolute atomic E-state index is 12.9. The van der Waals surface area contributed by atoms with Gasteiger partial charge in [0.2, 0.25) is 0 Å². The van der Waals surface area contributed by atoms with E-state index in [1.54, 1.807) is 12.1 Å². The summed E-state index contributed by atoms with van der Waals surface area (Å²) in [5, 5.41) is 0. The number of carbonyl (C=O) groups excluding carboxylic acids is 2. The van der Waals surface area contributed by atoms with Gasteiger partial charge >= 0.3 is 7.60 Å². The number of hydrogen-bond donors (Lipinski definition) is 2. The fraction of sp³-hybridized carbons (Fsp3) is 0.300. The number of likely N-dealkylation sites (N-methyl/N-ethyl adjacent to an activating group) is 1. The predicted molar refractivity (Wildman–Crippen MR) is 104 cm³/mol. The van der Waals surface area contributed by atoms with Crippen LogP contribution < -0.4 is 0 Å². The van der Waals surface area contributed by atoms with Crippen molar-refractivity contribution in [2.24, 2.45) is 0 Å². The van der Waals surface area contributed by atoms with Crippen LogP contribution in [0.15, 0.2) is 48.5 Å². The molecule has 0 aromatic heterocycles. The molecule has 1 amide bonds. The van der Waals surface area contributed by atoms with Crippen LogP contribution in [0.2, 0.25) is 0 Å². The molecule has 2 aromatic rings. The summed E-state index contributed by atoms with van der Waals surface area (Å²) in [6.45, 7) is 3.76. The summed E-state index contributed by atoms with van der Waals surface area (Å²) in [6.07, 6.45) is -0.707. The summed E-state index contributed by atoms with van der Waals surface area (Å²) in [5.74, 6) is -1.02. The van der Waals surface area contributed by atoms with Crippen molar-refractivity contribution in [3.8, 4) is 0 Å². The Balaban J connectivity index is 2.34. The Morgan fingerprint density at radius 3 is 2.11 bits per heavy atom. The summed E-state index contributed by atoms with van der Waals surface area (Å²) in [6, 6.07) is 13.5. The molecule has 0 aliphatic heterocycles. The van der Waals surface area contributed by atoms with Crippen LogP contribution in [0.1, 0.15) is 27.0 Å². The van der Waals surface area contributed by atoms with Gasteiger partial charge in [-0.2, -0.15) is 0 Å². The lowest BCUT2D eigenvalue weighted by atomic mass is 10.00. The van der Waals surface area contributed by atoms with Gasteiger partial charge in [-0.1, -0.05) is 47.5 Å². The van der Waals surface area contributed by atoms with Crippen LogP contribution in [-0.2, 0) is 15.8 Å². The first-order chi connectivity index (χ1) is 12.6. The second-order valence-corrected chi connectivity index (χ2v) is 8.43. The lowest BCUT2D eigenvalue weighted by Gasteiger charge is -2.28. The second-order valence-electron chi connectivity index (χ2n) is 6.79. The standard InChI is InChI=1S/C20H24NO5P/c1-14-9-15(2)11-17(10-14)20(23)21(3)18(19(22)13-27(24,25)26)12-16-7-5-4-6-8-16/h4-11,18H,12-13H2,1-3H3,(H2,24,25,26). The molecule has 1 atom stereocenters. The summed E-state index contributed by atoms with van der Waals surface area (Å²) >= 11 is 0. The van der Waals surface area contributed by atoms with Crippen molar-refractivity contribution in [3.63, 3.8) is 0 Å². The lowest BCUT2D eigenvalue weighted by molar-refractivity contribution is -0.120. The summed E-state index contributed by atoms with van der Waals surface area (Å²) < 4.78 is 11.3. The molecule has 2 N–H and O–H groups in total. The van der Waals surface area contributed by atoms with Gasteiger partial charge in [-0.3, -0.25) is 14.2 Å². The first-order valence-corrected chi connectivity index (χ1v) is 10.3. The normalized spacial score (nSPS) is 12.5. The topological polar surface area (TPSA) is 94.9 Å². The monoisotopic (exact) mass is 389 g/mol. The number of hydrogen-bond acceptors (Lipinski definition) is 3. The molecule has 27 heavy (non-hydrogen) atoms. The zero-order valence-corrected chi connectivity index (χ0v) is 16.5. The van der Waals surface area contributed by atoms with Crippen LogP contribution in [-0.4, -0.2) is 45.6 Å². The molecular weight excluding hydrogens is 365 g/mol. The lowest BCUT2D eigenvalue weighted by Crippen LogP contribution is -2.45. The van der Waals surface area contributed by atoms with Gasteiger partial charge in [-0.05, 0) is 38.0 Å².